The summed E-state index contributed by atoms with van der Waals surface area (Å²) in [6.45, 7) is 1.84. The molecular formula is C22H25F2N3O3. The standard InChI is InChI=1S/C12H8F2N2O.C10H17NO2/c13-10-3-9(4-11(14)5-10)8-1-2-12(15-6-8)16-7-17;12-10-8-13-7-6-11(10)9-4-2-1-3-5-9/h1-7H,(H,15,16,17);9H,1-8H2. The number of benzene rings is 1. The fraction of sp³-hybridized carbons (Fsp3) is 0.409. The highest BCUT2D eigenvalue weighted by Crippen LogP contribution is 2.23. The number of carbonyl (C=O) groups is 2. The van der Waals surface area contributed by atoms with Crippen LogP contribution in [0.3, 0.4) is 0 Å². The molecule has 0 bridgehead atoms. The maximum atomic E-state index is 13.0. The quantitative estimate of drug-likeness (QED) is 0.769. The Kier molecular flexibility index (Phi) is 7.84. The molecule has 4 rings (SSSR count). The van der Waals surface area contributed by atoms with Gasteiger partial charge in [-0.2, -0.15) is 0 Å². The van der Waals surface area contributed by atoms with Crippen LogP contribution in [0.15, 0.2) is 36.5 Å². The van der Waals surface area contributed by atoms with Gasteiger partial charge in [0.1, 0.15) is 24.1 Å². The van der Waals surface area contributed by atoms with Crippen molar-refractivity contribution in [1.29, 1.82) is 0 Å². The Bertz CT molecular complexity index is 835. The zero-order valence-corrected chi connectivity index (χ0v) is 16.7. The summed E-state index contributed by atoms with van der Waals surface area (Å²) >= 11 is 0. The van der Waals surface area contributed by atoms with E-state index in [0.29, 0.717) is 36.0 Å². The Balaban J connectivity index is 0.000000177. The molecule has 1 aliphatic heterocycles. The summed E-state index contributed by atoms with van der Waals surface area (Å²) in [6, 6.07) is 6.92. The predicted octanol–water partition coefficient (Wildman–Crippen LogP) is 3.77. The van der Waals surface area contributed by atoms with E-state index < -0.39 is 11.6 Å². The fourth-order valence-electron chi connectivity index (χ4n) is 3.74. The number of anilines is 1. The van der Waals surface area contributed by atoms with Crippen molar-refractivity contribution in [2.45, 2.75) is 38.1 Å². The molecule has 2 aromatic rings. The minimum atomic E-state index is -0.643. The van der Waals surface area contributed by atoms with Crippen molar-refractivity contribution in [3.63, 3.8) is 0 Å². The van der Waals surface area contributed by atoms with E-state index in [9.17, 15) is 18.4 Å². The zero-order valence-electron chi connectivity index (χ0n) is 16.7. The lowest BCUT2D eigenvalue weighted by Crippen LogP contribution is -2.48. The predicted molar refractivity (Wildman–Crippen MR) is 109 cm³/mol. The van der Waals surface area contributed by atoms with Crippen LogP contribution in [-0.2, 0) is 14.3 Å². The molecule has 30 heavy (non-hydrogen) atoms. The van der Waals surface area contributed by atoms with Crippen LogP contribution in [0.2, 0.25) is 0 Å². The molecule has 2 aliphatic rings. The number of amides is 2. The number of ether oxygens (including phenoxy) is 1. The Hall–Kier alpha value is -2.87. The maximum absolute atomic E-state index is 13.0. The van der Waals surface area contributed by atoms with Gasteiger partial charge >= 0.3 is 0 Å². The highest BCUT2D eigenvalue weighted by Gasteiger charge is 2.27. The molecular weight excluding hydrogens is 392 g/mol. The van der Waals surface area contributed by atoms with Crippen molar-refractivity contribution < 1.29 is 23.1 Å². The zero-order chi connectivity index (χ0) is 21.3. The van der Waals surface area contributed by atoms with Crippen LogP contribution in [0.1, 0.15) is 32.1 Å². The van der Waals surface area contributed by atoms with Gasteiger partial charge in [-0.05, 0) is 42.7 Å². The number of halogens is 2. The van der Waals surface area contributed by atoms with Crippen LogP contribution in [0.25, 0.3) is 11.1 Å². The molecule has 1 saturated carbocycles. The first-order valence-electron chi connectivity index (χ1n) is 10.1. The van der Waals surface area contributed by atoms with Crippen LogP contribution in [0.4, 0.5) is 14.6 Å². The maximum Gasteiger partial charge on any atom is 0.248 e. The molecule has 1 aromatic heterocycles. The number of nitrogens with zero attached hydrogens (tertiary/aromatic N) is 2. The van der Waals surface area contributed by atoms with Gasteiger partial charge < -0.3 is 15.0 Å². The number of aromatic nitrogens is 1. The second-order valence-corrected chi connectivity index (χ2v) is 7.28. The molecule has 160 valence electrons. The normalized spacial score (nSPS) is 17.1. The van der Waals surface area contributed by atoms with Gasteiger partial charge in [0.2, 0.25) is 12.3 Å². The molecule has 1 N–H and O–H groups in total. The Morgan fingerprint density at radius 2 is 1.80 bits per heavy atom. The van der Waals surface area contributed by atoms with Crippen molar-refractivity contribution in [3.8, 4) is 11.1 Å². The number of nitrogens with one attached hydrogen (secondary N) is 1. The van der Waals surface area contributed by atoms with Gasteiger partial charge in [0.25, 0.3) is 0 Å². The molecule has 2 amide bonds. The van der Waals surface area contributed by atoms with E-state index >= 15 is 0 Å². The van der Waals surface area contributed by atoms with Crippen LogP contribution in [0, 0.1) is 11.6 Å². The number of rotatable bonds is 4. The molecule has 1 aromatic carbocycles. The highest BCUT2D eigenvalue weighted by atomic mass is 19.1. The molecule has 6 nitrogen and oxygen atoms in total. The van der Waals surface area contributed by atoms with Crippen LogP contribution in [0.5, 0.6) is 0 Å². The van der Waals surface area contributed by atoms with Crippen molar-refractivity contribution in [2.24, 2.45) is 0 Å². The molecule has 0 unspecified atom stereocenters. The molecule has 1 saturated heterocycles. The number of hydrogen-bond donors (Lipinski definition) is 1. The number of morpholine rings is 1. The van der Waals surface area contributed by atoms with Gasteiger partial charge in [0, 0.05) is 30.4 Å². The monoisotopic (exact) mass is 417 g/mol. The molecule has 1 aliphatic carbocycles. The SMILES string of the molecule is O=C1COCCN1C1CCCCC1.O=CNc1ccc(-c2cc(F)cc(F)c2)cn1. The summed E-state index contributed by atoms with van der Waals surface area (Å²) in [4.78, 5) is 27.6. The number of hydrogen-bond acceptors (Lipinski definition) is 4. The third-order valence-corrected chi connectivity index (χ3v) is 5.20. The van der Waals surface area contributed by atoms with Crippen LogP contribution in [-0.4, -0.2) is 48.0 Å². The van der Waals surface area contributed by atoms with E-state index in [1.807, 2.05) is 4.90 Å². The Morgan fingerprint density at radius 1 is 1.07 bits per heavy atom. The van der Waals surface area contributed by atoms with Gasteiger partial charge in [-0.3, -0.25) is 9.59 Å². The largest absolute Gasteiger partial charge is 0.370 e. The van der Waals surface area contributed by atoms with Crippen molar-refractivity contribution in [1.82, 2.24) is 9.88 Å². The molecule has 0 atom stereocenters. The molecule has 8 heteroatoms. The second-order valence-electron chi connectivity index (χ2n) is 7.28. The first-order chi connectivity index (χ1) is 14.6. The summed E-state index contributed by atoms with van der Waals surface area (Å²) in [5.41, 5.74) is 0.965. The number of pyridine rings is 1. The molecule has 2 heterocycles. The van der Waals surface area contributed by atoms with Crippen molar-refractivity contribution in [3.05, 3.63) is 48.2 Å². The minimum Gasteiger partial charge on any atom is -0.370 e. The van der Waals surface area contributed by atoms with E-state index in [1.165, 1.54) is 50.4 Å². The van der Waals surface area contributed by atoms with E-state index in [4.69, 9.17) is 4.74 Å². The molecule has 0 spiro atoms. The van der Waals surface area contributed by atoms with Crippen molar-refractivity contribution >= 4 is 18.1 Å². The summed E-state index contributed by atoms with van der Waals surface area (Å²) in [6.07, 6.45) is 8.25. The third kappa shape index (κ3) is 6.06. The minimum absolute atomic E-state index is 0.193. The van der Waals surface area contributed by atoms with Gasteiger partial charge in [0.15, 0.2) is 0 Å². The van der Waals surface area contributed by atoms with Crippen LogP contribution < -0.4 is 5.32 Å². The lowest BCUT2D eigenvalue weighted by molar-refractivity contribution is -0.146. The fourth-order valence-corrected chi connectivity index (χ4v) is 3.74. The van der Waals surface area contributed by atoms with E-state index in [0.717, 1.165) is 19.2 Å². The highest BCUT2D eigenvalue weighted by molar-refractivity contribution is 5.78. The molecule has 2 fully saturated rings. The van der Waals surface area contributed by atoms with Gasteiger partial charge in [-0.15, -0.1) is 0 Å². The average molecular weight is 417 g/mol. The first-order valence-corrected chi connectivity index (χ1v) is 10.1. The number of carbonyl (C=O) groups excluding carboxylic acids is 2. The van der Waals surface area contributed by atoms with Crippen molar-refractivity contribution in [2.75, 3.05) is 25.1 Å². The smallest absolute Gasteiger partial charge is 0.248 e. The summed E-state index contributed by atoms with van der Waals surface area (Å²) < 4.78 is 31.1. The lowest BCUT2D eigenvalue weighted by atomic mass is 9.94. The topological polar surface area (TPSA) is 71.5 Å². The van der Waals surface area contributed by atoms with E-state index in [2.05, 4.69) is 10.3 Å². The average Bonchev–Trinajstić information content (AvgIpc) is 2.75. The third-order valence-electron chi connectivity index (χ3n) is 5.20. The lowest BCUT2D eigenvalue weighted by Gasteiger charge is -2.36. The van der Waals surface area contributed by atoms with Gasteiger partial charge in [-0.25, -0.2) is 13.8 Å². The summed E-state index contributed by atoms with van der Waals surface area (Å²) in [7, 11) is 0. The van der Waals surface area contributed by atoms with E-state index in [-0.39, 0.29) is 5.91 Å². The Labute approximate surface area is 174 Å². The second kappa shape index (κ2) is 10.8. The molecule has 0 radical (unpaired) electrons. The summed E-state index contributed by atoms with van der Waals surface area (Å²) in [5.74, 6) is -0.719. The first kappa shape index (κ1) is 21.8. The van der Waals surface area contributed by atoms with Gasteiger partial charge in [0.05, 0.1) is 6.61 Å². The Morgan fingerprint density at radius 3 is 2.40 bits per heavy atom. The summed E-state index contributed by atoms with van der Waals surface area (Å²) in [5, 5.41) is 2.37. The van der Waals surface area contributed by atoms with Gasteiger partial charge in [-0.1, -0.05) is 19.3 Å². The van der Waals surface area contributed by atoms with Crippen LogP contribution >= 0.6 is 0 Å². The van der Waals surface area contributed by atoms with E-state index in [1.54, 1.807) is 12.1 Å².